The number of aliphatic hydroxyl groups excluding tert-OH is 1. The molecule has 0 spiro atoms. The SMILES string of the molecule is CC(C)n1ncnc1-c1cn2c(n1)-c1ccc([C@H]3CCN(CC(=O)N(C)C)C[C@@H]3O)cc1OCC2. The van der Waals surface area contributed by atoms with Crippen LogP contribution in [0.5, 0.6) is 5.75 Å². The van der Waals surface area contributed by atoms with E-state index in [0.717, 1.165) is 47.2 Å². The van der Waals surface area contributed by atoms with Crippen LogP contribution in [0.15, 0.2) is 30.7 Å². The fourth-order valence-corrected chi connectivity index (χ4v) is 4.91. The minimum Gasteiger partial charge on any atom is -0.491 e. The van der Waals surface area contributed by atoms with Gasteiger partial charge in [-0.2, -0.15) is 5.10 Å². The number of benzene rings is 1. The van der Waals surface area contributed by atoms with Crippen LogP contribution < -0.4 is 4.74 Å². The third kappa shape index (κ3) is 4.55. The highest BCUT2D eigenvalue weighted by atomic mass is 16.5. The maximum Gasteiger partial charge on any atom is 0.236 e. The van der Waals surface area contributed by atoms with Crippen molar-refractivity contribution in [2.45, 2.75) is 44.9 Å². The van der Waals surface area contributed by atoms with Gasteiger partial charge in [-0.05, 0) is 44.5 Å². The summed E-state index contributed by atoms with van der Waals surface area (Å²) >= 11 is 0. The van der Waals surface area contributed by atoms with Crippen LogP contribution >= 0.6 is 0 Å². The highest BCUT2D eigenvalue weighted by molar-refractivity contribution is 5.77. The zero-order valence-electron chi connectivity index (χ0n) is 20.8. The maximum absolute atomic E-state index is 12.1. The molecule has 2 aromatic heterocycles. The Labute approximate surface area is 205 Å². The van der Waals surface area contributed by atoms with Crippen molar-refractivity contribution >= 4 is 5.91 Å². The third-order valence-electron chi connectivity index (χ3n) is 6.86. The number of hydrogen-bond acceptors (Lipinski definition) is 7. The second kappa shape index (κ2) is 9.43. The Bertz CT molecular complexity index is 1220. The molecular formula is C25H33N7O3. The fourth-order valence-electron chi connectivity index (χ4n) is 4.91. The molecule has 0 unspecified atom stereocenters. The van der Waals surface area contributed by atoms with Gasteiger partial charge in [0.2, 0.25) is 5.91 Å². The van der Waals surface area contributed by atoms with E-state index in [1.54, 1.807) is 25.3 Å². The highest BCUT2D eigenvalue weighted by Gasteiger charge is 2.31. The summed E-state index contributed by atoms with van der Waals surface area (Å²) in [5.74, 6) is 2.42. The number of likely N-dealkylation sites (N-methyl/N-ethyl adjacent to an activating group) is 1. The summed E-state index contributed by atoms with van der Waals surface area (Å²) in [5.41, 5.74) is 2.77. The Morgan fingerprint density at radius 3 is 2.83 bits per heavy atom. The van der Waals surface area contributed by atoms with Crippen LogP contribution in [0, 0.1) is 0 Å². The van der Waals surface area contributed by atoms with Crippen LogP contribution in [0.1, 0.15) is 37.8 Å². The first-order valence-corrected chi connectivity index (χ1v) is 12.2. The summed E-state index contributed by atoms with van der Waals surface area (Å²) in [6, 6.07) is 6.34. The van der Waals surface area contributed by atoms with Crippen LogP contribution in [-0.4, -0.2) is 91.6 Å². The van der Waals surface area contributed by atoms with E-state index < -0.39 is 6.10 Å². The summed E-state index contributed by atoms with van der Waals surface area (Å²) in [6.07, 6.45) is 3.82. The van der Waals surface area contributed by atoms with E-state index in [0.29, 0.717) is 26.2 Å². The molecule has 35 heavy (non-hydrogen) atoms. The smallest absolute Gasteiger partial charge is 0.236 e. The number of amides is 1. The molecule has 1 N–H and O–H groups in total. The number of hydrogen-bond donors (Lipinski definition) is 1. The number of aliphatic hydroxyl groups is 1. The van der Waals surface area contributed by atoms with Crippen molar-refractivity contribution in [3.63, 3.8) is 0 Å². The summed E-state index contributed by atoms with van der Waals surface area (Å²) in [5, 5.41) is 15.2. The van der Waals surface area contributed by atoms with Gasteiger partial charge in [0.15, 0.2) is 5.82 Å². The molecule has 10 heteroatoms. The van der Waals surface area contributed by atoms with E-state index in [1.165, 1.54) is 0 Å². The first kappa shape index (κ1) is 23.5. The van der Waals surface area contributed by atoms with Gasteiger partial charge in [0.1, 0.15) is 30.2 Å². The standard InChI is InChI=1S/C25H33N7O3/c1-16(2)32-25(26-15-27-32)20-12-31-9-10-35-22-11-17(5-6-19(22)24(31)28-20)18-7-8-30(13-21(18)33)14-23(34)29(3)4/h5-6,11-12,15-16,18,21,33H,7-10,13-14H2,1-4H3/t18-,21+/m1/s1. The second-order valence-corrected chi connectivity index (χ2v) is 9.85. The second-order valence-electron chi connectivity index (χ2n) is 9.85. The molecule has 0 saturated carbocycles. The largest absolute Gasteiger partial charge is 0.491 e. The predicted molar refractivity (Wildman–Crippen MR) is 131 cm³/mol. The number of β-amino-alcohol motifs (C(OH)–C–C–N with tert-alkyl or cyclic N) is 1. The molecule has 2 aliphatic rings. The van der Waals surface area contributed by atoms with E-state index >= 15 is 0 Å². The lowest BCUT2D eigenvalue weighted by atomic mass is 9.86. The number of fused-ring (bicyclic) bond motifs is 3. The van der Waals surface area contributed by atoms with Gasteiger partial charge in [-0.15, -0.1) is 0 Å². The summed E-state index contributed by atoms with van der Waals surface area (Å²) in [7, 11) is 3.51. The van der Waals surface area contributed by atoms with E-state index in [4.69, 9.17) is 9.72 Å². The molecule has 4 heterocycles. The van der Waals surface area contributed by atoms with Crippen LogP contribution in [0.3, 0.4) is 0 Å². The zero-order valence-corrected chi connectivity index (χ0v) is 20.8. The van der Waals surface area contributed by atoms with Gasteiger partial charge in [-0.1, -0.05) is 6.07 Å². The molecule has 2 atom stereocenters. The molecule has 0 radical (unpaired) electrons. The van der Waals surface area contributed by atoms with Crippen LogP contribution in [0.25, 0.3) is 22.9 Å². The highest BCUT2D eigenvalue weighted by Crippen LogP contribution is 2.38. The number of imidazole rings is 1. The Kier molecular flexibility index (Phi) is 6.33. The minimum absolute atomic E-state index is 0.00207. The molecule has 1 aromatic carbocycles. The van der Waals surface area contributed by atoms with Gasteiger partial charge in [0, 0.05) is 38.8 Å². The van der Waals surface area contributed by atoms with Gasteiger partial charge < -0.3 is 19.3 Å². The lowest BCUT2D eigenvalue weighted by Gasteiger charge is -2.36. The average Bonchev–Trinajstić information content (AvgIpc) is 3.43. The van der Waals surface area contributed by atoms with Crippen molar-refractivity contribution in [2.24, 2.45) is 0 Å². The first-order valence-electron chi connectivity index (χ1n) is 12.2. The fraction of sp³-hybridized carbons (Fsp3) is 0.520. The number of aromatic nitrogens is 5. The van der Waals surface area contributed by atoms with Crippen molar-refractivity contribution in [3.8, 4) is 28.7 Å². The lowest BCUT2D eigenvalue weighted by Crippen LogP contribution is -2.46. The monoisotopic (exact) mass is 479 g/mol. The van der Waals surface area contributed by atoms with E-state index in [1.807, 2.05) is 27.9 Å². The number of nitrogens with zero attached hydrogens (tertiary/aromatic N) is 7. The van der Waals surface area contributed by atoms with Gasteiger partial charge in [-0.3, -0.25) is 9.69 Å². The maximum atomic E-state index is 12.1. The Morgan fingerprint density at radius 2 is 2.09 bits per heavy atom. The van der Waals surface area contributed by atoms with Crippen molar-refractivity contribution in [2.75, 3.05) is 40.3 Å². The van der Waals surface area contributed by atoms with E-state index in [-0.39, 0.29) is 17.9 Å². The number of ether oxygens (including phenoxy) is 1. The van der Waals surface area contributed by atoms with Crippen LogP contribution in [0.4, 0.5) is 0 Å². The molecule has 0 aliphatic carbocycles. The zero-order chi connectivity index (χ0) is 24.7. The molecule has 1 fully saturated rings. The van der Waals surface area contributed by atoms with Gasteiger partial charge in [-0.25, -0.2) is 14.6 Å². The Morgan fingerprint density at radius 1 is 1.26 bits per heavy atom. The summed E-state index contributed by atoms with van der Waals surface area (Å²) in [4.78, 5) is 25.0. The quantitative estimate of drug-likeness (QED) is 0.597. The number of rotatable bonds is 5. The van der Waals surface area contributed by atoms with Gasteiger partial charge in [0.05, 0.1) is 24.8 Å². The van der Waals surface area contributed by atoms with E-state index in [9.17, 15) is 9.90 Å². The molecule has 1 amide bonds. The minimum atomic E-state index is -0.543. The Balaban J connectivity index is 1.38. The number of piperidine rings is 1. The van der Waals surface area contributed by atoms with Crippen molar-refractivity contribution < 1.29 is 14.6 Å². The van der Waals surface area contributed by atoms with Crippen molar-refractivity contribution in [1.29, 1.82) is 0 Å². The topological polar surface area (TPSA) is 102 Å². The molecule has 2 aliphatic heterocycles. The Hall–Kier alpha value is -3.24. The van der Waals surface area contributed by atoms with E-state index in [2.05, 4.69) is 34.6 Å². The lowest BCUT2D eigenvalue weighted by molar-refractivity contribution is -0.130. The molecular weight excluding hydrogens is 446 g/mol. The molecule has 1 saturated heterocycles. The number of carbonyl (C=O) groups excluding carboxylic acids is 1. The van der Waals surface area contributed by atoms with Gasteiger partial charge in [0.25, 0.3) is 0 Å². The summed E-state index contributed by atoms with van der Waals surface area (Å²) in [6.45, 7) is 6.94. The number of likely N-dealkylation sites (tertiary alicyclic amines) is 1. The molecule has 10 nitrogen and oxygen atoms in total. The first-order chi connectivity index (χ1) is 16.8. The predicted octanol–water partition coefficient (Wildman–Crippen LogP) is 2.02. The third-order valence-corrected chi connectivity index (χ3v) is 6.86. The molecule has 186 valence electrons. The molecule has 5 rings (SSSR count). The van der Waals surface area contributed by atoms with Crippen molar-refractivity contribution in [3.05, 3.63) is 36.3 Å². The average molecular weight is 480 g/mol. The van der Waals surface area contributed by atoms with Crippen molar-refractivity contribution in [1.82, 2.24) is 34.1 Å². The van der Waals surface area contributed by atoms with Gasteiger partial charge >= 0.3 is 0 Å². The molecule has 3 aromatic rings. The van der Waals surface area contributed by atoms with Crippen LogP contribution in [0.2, 0.25) is 0 Å². The molecule has 0 bridgehead atoms. The number of carbonyl (C=O) groups is 1. The normalized spacial score (nSPS) is 20.2. The van der Waals surface area contributed by atoms with Crippen LogP contribution in [-0.2, 0) is 11.3 Å². The summed E-state index contributed by atoms with van der Waals surface area (Å²) < 4.78 is 10.1.